The zero-order chi connectivity index (χ0) is 16.5. The molecule has 0 bridgehead atoms. The fourth-order valence-electron chi connectivity index (χ4n) is 3.22. The quantitative estimate of drug-likeness (QED) is 0.691. The van der Waals surface area contributed by atoms with Crippen molar-refractivity contribution in [1.29, 1.82) is 0 Å². The average Bonchev–Trinajstić information content (AvgIpc) is 3.07. The van der Waals surface area contributed by atoms with Crippen LogP contribution in [0.15, 0.2) is 42.6 Å². The molecule has 2 amide bonds. The molecule has 2 heterocycles. The van der Waals surface area contributed by atoms with E-state index in [0.717, 1.165) is 34.1 Å². The van der Waals surface area contributed by atoms with Crippen molar-refractivity contribution in [3.63, 3.8) is 0 Å². The molecule has 0 atom stereocenters. The number of urea groups is 1. The molecule has 122 valence electrons. The topological polar surface area (TPSA) is 81.2 Å². The summed E-state index contributed by atoms with van der Waals surface area (Å²) in [6, 6.07) is 11.9. The van der Waals surface area contributed by atoms with Gasteiger partial charge in [-0.1, -0.05) is 30.3 Å². The zero-order valence-corrected chi connectivity index (χ0v) is 13.1. The molecule has 0 saturated carbocycles. The summed E-state index contributed by atoms with van der Waals surface area (Å²) in [5, 5.41) is 20.6. The lowest BCUT2D eigenvalue weighted by Gasteiger charge is -2.31. The van der Waals surface area contributed by atoms with Gasteiger partial charge in [0.15, 0.2) is 0 Å². The molecule has 2 aromatic carbocycles. The summed E-state index contributed by atoms with van der Waals surface area (Å²) >= 11 is 0. The summed E-state index contributed by atoms with van der Waals surface area (Å²) in [4.78, 5) is 14.2. The Bertz CT molecular complexity index is 889. The number of nitrogens with one attached hydrogen (secondary N) is 2. The minimum absolute atomic E-state index is 0.0817. The Balaban J connectivity index is 1.62. The van der Waals surface area contributed by atoms with Crippen molar-refractivity contribution in [1.82, 2.24) is 15.1 Å². The largest absolute Gasteiger partial charge is 0.392 e. The van der Waals surface area contributed by atoms with E-state index in [2.05, 4.69) is 27.6 Å². The minimum atomic E-state index is -0.110. The van der Waals surface area contributed by atoms with Crippen LogP contribution in [0, 0.1) is 0 Å². The number of fused-ring (bicyclic) bond motifs is 2. The summed E-state index contributed by atoms with van der Waals surface area (Å²) in [5.41, 5.74) is 4.54. The summed E-state index contributed by atoms with van der Waals surface area (Å²) in [7, 11) is 0. The molecule has 24 heavy (non-hydrogen) atoms. The number of nitrogens with zero attached hydrogens (tertiary/aromatic N) is 2. The van der Waals surface area contributed by atoms with Gasteiger partial charge < -0.3 is 15.3 Å². The number of benzene rings is 2. The molecular formula is C18H18N4O2. The van der Waals surface area contributed by atoms with Crippen LogP contribution in [0.4, 0.5) is 10.5 Å². The first-order chi connectivity index (χ1) is 11.8. The van der Waals surface area contributed by atoms with Crippen LogP contribution in [0.5, 0.6) is 0 Å². The molecule has 0 unspecified atom stereocenters. The number of H-pyrrole nitrogens is 1. The van der Waals surface area contributed by atoms with Gasteiger partial charge in [0.05, 0.1) is 18.3 Å². The molecule has 4 rings (SSSR count). The molecule has 0 spiro atoms. The number of carbonyl (C=O) groups excluding carboxylic acids is 1. The highest BCUT2D eigenvalue weighted by Gasteiger charge is 2.26. The Labute approximate surface area is 139 Å². The highest BCUT2D eigenvalue weighted by molar-refractivity contribution is 5.97. The van der Waals surface area contributed by atoms with Crippen molar-refractivity contribution in [2.24, 2.45) is 0 Å². The maximum Gasteiger partial charge on any atom is 0.322 e. The molecule has 6 nitrogen and oxygen atoms in total. The maximum absolute atomic E-state index is 12.4. The highest BCUT2D eigenvalue weighted by Crippen LogP contribution is 2.32. The van der Waals surface area contributed by atoms with E-state index < -0.39 is 0 Å². The third-order valence-corrected chi connectivity index (χ3v) is 4.52. The number of hydrogen-bond acceptors (Lipinski definition) is 3. The summed E-state index contributed by atoms with van der Waals surface area (Å²) in [6.07, 6.45) is 2.51. The number of rotatable bonds is 4. The van der Waals surface area contributed by atoms with Crippen molar-refractivity contribution in [2.75, 3.05) is 11.9 Å². The standard InChI is InChI=1S/C18H18N4O2/c23-11-15-13-9-19-21-17(13)8-16-14(15)10-22(18(24)20-16)7-6-12-4-2-1-3-5-12/h1-5,8-9,23H,6-7,10-11H2,(H,19,21)(H,20,24). The van der Waals surface area contributed by atoms with Gasteiger partial charge in [-0.25, -0.2) is 4.79 Å². The van der Waals surface area contributed by atoms with Crippen LogP contribution in [0.1, 0.15) is 16.7 Å². The van der Waals surface area contributed by atoms with Gasteiger partial charge in [-0.05, 0) is 23.6 Å². The first kappa shape index (κ1) is 14.7. The number of aliphatic hydroxyl groups excluding tert-OH is 1. The lowest BCUT2D eigenvalue weighted by molar-refractivity contribution is 0.206. The van der Waals surface area contributed by atoms with Crippen LogP contribution < -0.4 is 5.32 Å². The second-order valence-corrected chi connectivity index (χ2v) is 5.96. The Hall–Kier alpha value is -2.86. The SMILES string of the molecule is O=C1Nc2cc3[nH]ncc3c(CO)c2CN1CCc1ccccc1. The Morgan fingerprint density at radius 1 is 1.25 bits per heavy atom. The Morgan fingerprint density at radius 3 is 2.88 bits per heavy atom. The van der Waals surface area contributed by atoms with E-state index >= 15 is 0 Å². The zero-order valence-electron chi connectivity index (χ0n) is 13.1. The van der Waals surface area contributed by atoms with Gasteiger partial charge in [-0.15, -0.1) is 0 Å². The molecule has 1 aliphatic rings. The molecule has 3 N–H and O–H groups in total. The predicted octanol–water partition coefficient (Wildman–Crippen LogP) is 2.65. The first-order valence-corrected chi connectivity index (χ1v) is 7.95. The van der Waals surface area contributed by atoms with Crippen LogP contribution in [0.25, 0.3) is 10.9 Å². The van der Waals surface area contributed by atoms with Crippen molar-refractivity contribution in [3.05, 3.63) is 59.3 Å². The van der Waals surface area contributed by atoms with Crippen molar-refractivity contribution in [2.45, 2.75) is 19.6 Å². The first-order valence-electron chi connectivity index (χ1n) is 7.95. The van der Waals surface area contributed by atoms with Gasteiger partial charge in [-0.3, -0.25) is 5.10 Å². The molecule has 0 aliphatic carbocycles. The molecule has 0 saturated heterocycles. The van der Waals surface area contributed by atoms with E-state index in [4.69, 9.17) is 0 Å². The van der Waals surface area contributed by atoms with Crippen LogP contribution in [0.2, 0.25) is 0 Å². The molecule has 0 radical (unpaired) electrons. The van der Waals surface area contributed by atoms with E-state index in [1.54, 1.807) is 11.1 Å². The number of aromatic amines is 1. The predicted molar refractivity (Wildman–Crippen MR) is 91.6 cm³/mol. The average molecular weight is 322 g/mol. The molecular weight excluding hydrogens is 304 g/mol. The summed E-state index contributed by atoms with van der Waals surface area (Å²) in [6.45, 7) is 1.04. The summed E-state index contributed by atoms with van der Waals surface area (Å²) in [5.74, 6) is 0. The normalized spacial score (nSPS) is 13.9. The molecule has 1 aromatic heterocycles. The van der Waals surface area contributed by atoms with Crippen molar-refractivity contribution >= 4 is 22.6 Å². The van der Waals surface area contributed by atoms with E-state index in [0.29, 0.717) is 13.1 Å². The smallest absolute Gasteiger partial charge is 0.322 e. The monoisotopic (exact) mass is 322 g/mol. The van der Waals surface area contributed by atoms with Crippen molar-refractivity contribution in [3.8, 4) is 0 Å². The van der Waals surface area contributed by atoms with Gasteiger partial charge in [0.1, 0.15) is 0 Å². The molecule has 6 heteroatoms. The second kappa shape index (κ2) is 5.98. The van der Waals surface area contributed by atoms with Gasteiger partial charge in [0.25, 0.3) is 0 Å². The van der Waals surface area contributed by atoms with Crippen LogP contribution in [-0.4, -0.2) is 32.8 Å². The van der Waals surface area contributed by atoms with Crippen LogP contribution in [0.3, 0.4) is 0 Å². The maximum atomic E-state index is 12.4. The van der Waals surface area contributed by atoms with Gasteiger partial charge in [-0.2, -0.15) is 5.10 Å². The van der Waals surface area contributed by atoms with Gasteiger partial charge >= 0.3 is 6.03 Å². The third kappa shape index (κ3) is 2.51. The van der Waals surface area contributed by atoms with E-state index in [1.807, 2.05) is 24.3 Å². The number of carbonyl (C=O) groups is 1. The number of aromatic nitrogens is 2. The lowest BCUT2D eigenvalue weighted by atomic mass is 9.99. The Kier molecular flexibility index (Phi) is 3.66. The van der Waals surface area contributed by atoms with E-state index in [1.165, 1.54) is 5.56 Å². The lowest BCUT2D eigenvalue weighted by Crippen LogP contribution is -2.40. The number of aliphatic hydroxyl groups is 1. The number of hydrogen-bond donors (Lipinski definition) is 3. The second-order valence-electron chi connectivity index (χ2n) is 5.96. The summed E-state index contributed by atoms with van der Waals surface area (Å²) < 4.78 is 0. The van der Waals surface area contributed by atoms with E-state index in [9.17, 15) is 9.90 Å². The molecule has 0 fully saturated rings. The fourth-order valence-corrected chi connectivity index (χ4v) is 3.22. The third-order valence-electron chi connectivity index (χ3n) is 4.52. The van der Waals surface area contributed by atoms with Crippen LogP contribution in [-0.2, 0) is 19.6 Å². The van der Waals surface area contributed by atoms with Crippen molar-refractivity contribution < 1.29 is 9.90 Å². The number of anilines is 1. The molecule has 1 aliphatic heterocycles. The van der Waals surface area contributed by atoms with Crippen LogP contribution >= 0.6 is 0 Å². The molecule has 3 aromatic rings. The number of amides is 2. The van der Waals surface area contributed by atoms with Gasteiger partial charge in [0.2, 0.25) is 0 Å². The fraction of sp³-hybridized carbons (Fsp3) is 0.222. The minimum Gasteiger partial charge on any atom is -0.392 e. The highest BCUT2D eigenvalue weighted by atomic mass is 16.3. The Morgan fingerprint density at radius 2 is 2.08 bits per heavy atom. The van der Waals surface area contributed by atoms with Gasteiger partial charge in [0, 0.05) is 29.7 Å². The van der Waals surface area contributed by atoms with E-state index in [-0.39, 0.29) is 12.6 Å².